The van der Waals surface area contributed by atoms with E-state index in [1.807, 2.05) is 4.90 Å². The van der Waals surface area contributed by atoms with Gasteiger partial charge in [0.15, 0.2) is 0 Å². The Hall–Kier alpha value is -2.00. The Morgan fingerprint density at radius 2 is 2.04 bits per heavy atom. The van der Waals surface area contributed by atoms with E-state index >= 15 is 0 Å². The number of thioether (sulfide) groups is 1. The average molecular weight is 366 g/mol. The maximum absolute atomic E-state index is 14.9. The van der Waals surface area contributed by atoms with E-state index in [-0.39, 0.29) is 22.2 Å². The van der Waals surface area contributed by atoms with E-state index in [0.717, 1.165) is 25.3 Å². The van der Waals surface area contributed by atoms with Crippen molar-refractivity contribution < 1.29 is 9.60 Å². The Morgan fingerprint density at radius 3 is 2.60 bits per heavy atom. The van der Waals surface area contributed by atoms with Gasteiger partial charge in [0.25, 0.3) is 5.56 Å². The second-order valence-corrected chi connectivity index (χ2v) is 7.45. The molecule has 1 saturated heterocycles. The maximum atomic E-state index is 14.9. The van der Waals surface area contributed by atoms with Crippen LogP contribution in [-0.2, 0) is 0 Å². The summed E-state index contributed by atoms with van der Waals surface area (Å²) in [6, 6.07) is 1.03. The van der Waals surface area contributed by atoms with E-state index in [2.05, 4.69) is 0 Å². The van der Waals surface area contributed by atoms with Gasteiger partial charge in [-0.05, 0) is 31.6 Å². The first-order chi connectivity index (χ1) is 11.9. The molecule has 1 aliphatic carbocycles. The zero-order chi connectivity index (χ0) is 17.9. The van der Waals surface area contributed by atoms with Gasteiger partial charge in [0, 0.05) is 25.2 Å². The highest BCUT2D eigenvalue weighted by molar-refractivity contribution is 7.99. The largest absolute Gasteiger partial charge is 0.421 e. The highest BCUT2D eigenvalue weighted by atomic mass is 32.2. The number of hydrogen-bond donors (Lipinski definition) is 2. The van der Waals surface area contributed by atoms with E-state index in [4.69, 9.17) is 5.73 Å². The summed E-state index contributed by atoms with van der Waals surface area (Å²) in [5.41, 5.74) is 5.09. The summed E-state index contributed by atoms with van der Waals surface area (Å²) in [5.74, 6) is -0.538. The van der Waals surface area contributed by atoms with Crippen LogP contribution in [0.3, 0.4) is 0 Å². The van der Waals surface area contributed by atoms with Crippen LogP contribution >= 0.6 is 11.8 Å². The molecule has 2 fully saturated rings. The lowest BCUT2D eigenvalue weighted by atomic mass is 10.2. The van der Waals surface area contributed by atoms with Crippen molar-refractivity contribution in [2.75, 3.05) is 24.2 Å². The van der Waals surface area contributed by atoms with Gasteiger partial charge in [0.2, 0.25) is 0 Å². The molecule has 7 nitrogen and oxygen atoms in total. The van der Waals surface area contributed by atoms with Gasteiger partial charge >= 0.3 is 5.69 Å². The van der Waals surface area contributed by atoms with E-state index in [1.165, 1.54) is 16.3 Å². The molecule has 1 aromatic carbocycles. The van der Waals surface area contributed by atoms with E-state index < -0.39 is 17.1 Å². The molecule has 1 aromatic heterocycles. The lowest BCUT2D eigenvalue weighted by molar-refractivity contribution is 0.157. The van der Waals surface area contributed by atoms with Gasteiger partial charge in [-0.25, -0.2) is 9.18 Å². The van der Waals surface area contributed by atoms with Crippen LogP contribution < -0.4 is 21.9 Å². The highest BCUT2D eigenvalue weighted by Crippen LogP contribution is 2.42. The van der Waals surface area contributed by atoms with E-state index in [0.29, 0.717) is 29.2 Å². The van der Waals surface area contributed by atoms with Crippen LogP contribution in [0.1, 0.15) is 25.3 Å². The van der Waals surface area contributed by atoms with Crippen LogP contribution in [0.5, 0.6) is 0 Å². The summed E-state index contributed by atoms with van der Waals surface area (Å²) < 4.78 is 16.4. The van der Waals surface area contributed by atoms with Crippen molar-refractivity contribution in [2.45, 2.75) is 36.2 Å². The number of anilines is 1. The highest BCUT2D eigenvalue weighted by Gasteiger charge is 2.33. The van der Waals surface area contributed by atoms with Crippen LogP contribution in [-0.4, -0.2) is 39.9 Å². The van der Waals surface area contributed by atoms with E-state index in [1.54, 1.807) is 6.26 Å². The molecule has 0 bridgehead atoms. The maximum Gasteiger partial charge on any atom is 0.365 e. The molecular formula is C16H19FN4O3S. The molecule has 1 atom stereocenters. The van der Waals surface area contributed by atoms with Gasteiger partial charge in [-0.1, -0.05) is 4.73 Å². The Bertz CT molecular complexity index is 982. The van der Waals surface area contributed by atoms with Crippen LogP contribution in [0.25, 0.3) is 10.9 Å². The lowest BCUT2D eigenvalue weighted by Gasteiger charge is -2.24. The van der Waals surface area contributed by atoms with Gasteiger partial charge in [0.05, 0.1) is 21.5 Å². The molecule has 1 unspecified atom stereocenters. The number of benzene rings is 1. The first-order valence-corrected chi connectivity index (χ1v) is 9.44. The van der Waals surface area contributed by atoms with Crippen molar-refractivity contribution in [3.8, 4) is 0 Å². The minimum Gasteiger partial charge on any atom is -0.421 e. The zero-order valence-corrected chi connectivity index (χ0v) is 14.6. The van der Waals surface area contributed by atoms with Gasteiger partial charge in [-0.15, -0.1) is 11.8 Å². The van der Waals surface area contributed by atoms with Crippen molar-refractivity contribution in [3.63, 3.8) is 0 Å². The fourth-order valence-electron chi connectivity index (χ4n) is 3.56. The molecule has 0 spiro atoms. The summed E-state index contributed by atoms with van der Waals surface area (Å²) in [6.45, 7) is 1.16. The molecule has 2 heterocycles. The Labute approximate surface area is 146 Å². The third-order valence-corrected chi connectivity index (χ3v) is 5.69. The van der Waals surface area contributed by atoms with Crippen molar-refractivity contribution in [2.24, 2.45) is 5.73 Å². The summed E-state index contributed by atoms with van der Waals surface area (Å²) >= 11 is 1.30. The molecule has 1 aliphatic heterocycles. The van der Waals surface area contributed by atoms with Crippen molar-refractivity contribution in [1.82, 2.24) is 9.30 Å². The Kier molecular flexibility index (Phi) is 3.80. The van der Waals surface area contributed by atoms with Crippen molar-refractivity contribution >= 4 is 28.4 Å². The van der Waals surface area contributed by atoms with Gasteiger partial charge < -0.3 is 15.8 Å². The number of hydrogen-bond acceptors (Lipinski definition) is 6. The zero-order valence-electron chi connectivity index (χ0n) is 13.7. The van der Waals surface area contributed by atoms with Crippen LogP contribution in [0, 0.1) is 5.82 Å². The molecule has 134 valence electrons. The van der Waals surface area contributed by atoms with Crippen molar-refractivity contribution in [3.05, 3.63) is 32.7 Å². The number of nitrogens with two attached hydrogens (primary N) is 1. The molecule has 3 N–H and O–H groups in total. The molecule has 0 amide bonds. The third kappa shape index (κ3) is 2.44. The fourth-order valence-corrected chi connectivity index (χ4v) is 4.38. The SMILES string of the molecule is CSc1c(N2CCC(N)C2)c(F)cc2c(=O)n(O)c(=O)n(C3CC3)c12. The molecule has 2 aliphatic rings. The second kappa shape index (κ2) is 5.77. The molecular weight excluding hydrogens is 347 g/mol. The summed E-state index contributed by atoms with van der Waals surface area (Å²) in [6.07, 6.45) is 4.14. The second-order valence-electron chi connectivity index (χ2n) is 6.63. The summed E-state index contributed by atoms with van der Waals surface area (Å²) in [5, 5.41) is 9.86. The Morgan fingerprint density at radius 1 is 1.32 bits per heavy atom. The number of halogens is 1. The molecule has 2 aromatic rings. The van der Waals surface area contributed by atoms with Gasteiger partial charge in [-0.3, -0.25) is 9.36 Å². The van der Waals surface area contributed by atoms with E-state index in [9.17, 15) is 19.2 Å². The average Bonchev–Trinajstić information content (AvgIpc) is 3.33. The first kappa shape index (κ1) is 16.5. The smallest absolute Gasteiger partial charge is 0.365 e. The number of aromatic nitrogens is 2. The first-order valence-electron chi connectivity index (χ1n) is 8.21. The van der Waals surface area contributed by atoms with Crippen LogP contribution in [0.4, 0.5) is 10.1 Å². The monoisotopic (exact) mass is 366 g/mol. The normalized spacial score (nSPS) is 20.6. The van der Waals surface area contributed by atoms with Crippen LogP contribution in [0.2, 0.25) is 0 Å². The quantitative estimate of drug-likeness (QED) is 0.625. The van der Waals surface area contributed by atoms with Gasteiger partial charge in [0.1, 0.15) is 5.82 Å². The molecule has 0 radical (unpaired) electrons. The standard InChI is InChI=1S/C16H19FN4O3S/c1-25-14-12-10(6-11(17)13(14)19-5-4-8(18)7-19)15(22)21(24)16(23)20(12)9-2-3-9/h6,8-9,24H,2-5,7,18H2,1H3. The van der Waals surface area contributed by atoms with Gasteiger partial charge in [-0.2, -0.15) is 0 Å². The molecule has 4 rings (SSSR count). The number of rotatable bonds is 3. The molecule has 9 heteroatoms. The van der Waals surface area contributed by atoms with Crippen LogP contribution in [0.15, 0.2) is 20.6 Å². The number of fused-ring (bicyclic) bond motifs is 1. The minimum atomic E-state index is -0.893. The molecule has 25 heavy (non-hydrogen) atoms. The molecule has 1 saturated carbocycles. The predicted octanol–water partition coefficient (Wildman–Crippen LogP) is 1.13. The predicted molar refractivity (Wildman–Crippen MR) is 94.5 cm³/mol. The fraction of sp³-hybridized carbons (Fsp3) is 0.500. The number of nitrogens with zero attached hydrogens (tertiary/aromatic N) is 3. The lowest BCUT2D eigenvalue weighted by Crippen LogP contribution is -2.39. The summed E-state index contributed by atoms with van der Waals surface area (Å²) in [4.78, 5) is 27.2. The summed E-state index contributed by atoms with van der Waals surface area (Å²) in [7, 11) is 0. The minimum absolute atomic E-state index is 0.0168. The Balaban J connectivity index is 2.11. The topological polar surface area (TPSA) is 93.5 Å². The third-order valence-electron chi connectivity index (χ3n) is 4.89. The van der Waals surface area contributed by atoms with Crippen molar-refractivity contribution in [1.29, 1.82) is 0 Å².